The van der Waals surface area contributed by atoms with Gasteiger partial charge in [-0.1, -0.05) is 19.8 Å². The van der Waals surface area contributed by atoms with Crippen LogP contribution in [0.5, 0.6) is 5.75 Å². The van der Waals surface area contributed by atoms with Crippen molar-refractivity contribution in [3.63, 3.8) is 0 Å². The number of halogens is 1. The Balaban J connectivity index is 2.48. The second-order valence-corrected chi connectivity index (χ2v) is 4.94. The number of ether oxygens (including phenoxy) is 1. The van der Waals surface area contributed by atoms with Gasteiger partial charge in [0.2, 0.25) is 5.91 Å². The number of rotatable bonds is 9. The maximum atomic E-state index is 13.7. The Morgan fingerprint density at radius 2 is 2.10 bits per heavy atom. The van der Waals surface area contributed by atoms with Gasteiger partial charge in [0.25, 0.3) is 0 Å². The van der Waals surface area contributed by atoms with Gasteiger partial charge >= 0.3 is 0 Å². The summed E-state index contributed by atoms with van der Waals surface area (Å²) in [4.78, 5) is 11.9. The fraction of sp³-hybridized carbons (Fsp3) is 0.562. The van der Waals surface area contributed by atoms with Crippen molar-refractivity contribution in [2.24, 2.45) is 0 Å². The van der Waals surface area contributed by atoms with Crippen LogP contribution in [-0.4, -0.2) is 25.1 Å². The van der Waals surface area contributed by atoms with Crippen LogP contribution in [0.3, 0.4) is 0 Å². The van der Waals surface area contributed by atoms with Crippen molar-refractivity contribution >= 4 is 11.6 Å². The van der Waals surface area contributed by atoms with Crippen LogP contribution in [0.1, 0.15) is 40.0 Å². The number of hydrogen-bond donors (Lipinski definition) is 2. The molecule has 1 aromatic carbocycles. The van der Waals surface area contributed by atoms with E-state index < -0.39 is 11.9 Å². The number of hydrogen-bond acceptors (Lipinski definition) is 3. The standard InChI is InChI=1S/C16H25FN2O2/c1-4-6-7-10-18-16(20)12(3)19-13-8-9-15(21-5-2)14(17)11-13/h8-9,11-12,19H,4-7,10H2,1-3H3,(H,18,20). The van der Waals surface area contributed by atoms with Crippen molar-refractivity contribution < 1.29 is 13.9 Å². The van der Waals surface area contributed by atoms with Gasteiger partial charge in [-0.3, -0.25) is 4.79 Å². The summed E-state index contributed by atoms with van der Waals surface area (Å²) in [6.45, 7) is 6.77. The second-order valence-electron chi connectivity index (χ2n) is 4.94. The third-order valence-electron chi connectivity index (χ3n) is 3.09. The zero-order valence-corrected chi connectivity index (χ0v) is 13.0. The summed E-state index contributed by atoms with van der Waals surface area (Å²) >= 11 is 0. The summed E-state index contributed by atoms with van der Waals surface area (Å²) in [7, 11) is 0. The fourth-order valence-electron chi connectivity index (χ4n) is 1.92. The number of amides is 1. The number of nitrogens with one attached hydrogen (secondary N) is 2. The van der Waals surface area contributed by atoms with Crippen molar-refractivity contribution in [2.45, 2.75) is 46.1 Å². The first-order chi connectivity index (χ1) is 10.1. The predicted molar refractivity (Wildman–Crippen MR) is 83.2 cm³/mol. The van der Waals surface area contributed by atoms with E-state index in [-0.39, 0.29) is 11.7 Å². The normalized spacial score (nSPS) is 11.8. The van der Waals surface area contributed by atoms with Gasteiger partial charge in [0, 0.05) is 18.3 Å². The second kappa shape index (κ2) is 9.21. The summed E-state index contributed by atoms with van der Waals surface area (Å²) in [6, 6.07) is 4.19. The molecule has 1 unspecified atom stereocenters. The molecule has 0 aliphatic carbocycles. The Bertz CT molecular complexity index is 452. The van der Waals surface area contributed by atoms with Crippen LogP contribution in [0.15, 0.2) is 18.2 Å². The highest BCUT2D eigenvalue weighted by molar-refractivity contribution is 5.84. The molecule has 118 valence electrons. The average Bonchev–Trinajstić information content (AvgIpc) is 2.46. The molecule has 0 spiro atoms. The van der Waals surface area contributed by atoms with Crippen LogP contribution in [0, 0.1) is 5.82 Å². The van der Waals surface area contributed by atoms with Crippen molar-refractivity contribution in [2.75, 3.05) is 18.5 Å². The monoisotopic (exact) mass is 296 g/mol. The van der Waals surface area contributed by atoms with Crippen LogP contribution in [0.25, 0.3) is 0 Å². The van der Waals surface area contributed by atoms with Gasteiger partial charge in [0.05, 0.1) is 6.61 Å². The van der Waals surface area contributed by atoms with Gasteiger partial charge in [0.15, 0.2) is 11.6 Å². The quantitative estimate of drug-likeness (QED) is 0.687. The van der Waals surface area contributed by atoms with E-state index in [0.717, 1.165) is 19.3 Å². The summed E-state index contributed by atoms with van der Waals surface area (Å²) in [5.41, 5.74) is 0.562. The maximum Gasteiger partial charge on any atom is 0.242 e. The third kappa shape index (κ3) is 6.02. The molecule has 0 radical (unpaired) electrons. The Morgan fingerprint density at radius 3 is 2.71 bits per heavy atom. The summed E-state index contributed by atoms with van der Waals surface area (Å²) < 4.78 is 18.8. The molecule has 1 atom stereocenters. The van der Waals surface area contributed by atoms with E-state index in [1.165, 1.54) is 6.07 Å². The van der Waals surface area contributed by atoms with Crippen molar-refractivity contribution in [3.05, 3.63) is 24.0 Å². The van der Waals surface area contributed by atoms with Gasteiger partial charge < -0.3 is 15.4 Å². The lowest BCUT2D eigenvalue weighted by Gasteiger charge is -2.16. The van der Waals surface area contributed by atoms with Crippen LogP contribution >= 0.6 is 0 Å². The molecule has 0 aliphatic heterocycles. The number of anilines is 1. The van der Waals surface area contributed by atoms with Crippen molar-refractivity contribution in [1.29, 1.82) is 0 Å². The number of benzene rings is 1. The average molecular weight is 296 g/mol. The topological polar surface area (TPSA) is 50.4 Å². The van der Waals surface area contributed by atoms with Crippen LogP contribution in [0.4, 0.5) is 10.1 Å². The molecular weight excluding hydrogens is 271 g/mol. The molecule has 0 heterocycles. The minimum atomic E-state index is -0.433. The highest BCUT2D eigenvalue weighted by Gasteiger charge is 2.13. The van der Waals surface area contributed by atoms with Gasteiger partial charge in [-0.25, -0.2) is 4.39 Å². The van der Waals surface area contributed by atoms with E-state index >= 15 is 0 Å². The molecule has 1 amide bonds. The van der Waals surface area contributed by atoms with Gasteiger partial charge in [-0.2, -0.15) is 0 Å². The maximum absolute atomic E-state index is 13.7. The minimum Gasteiger partial charge on any atom is -0.491 e. The highest BCUT2D eigenvalue weighted by atomic mass is 19.1. The zero-order chi connectivity index (χ0) is 15.7. The summed E-state index contributed by atoms with van der Waals surface area (Å²) in [6.07, 6.45) is 3.20. The number of carbonyl (C=O) groups is 1. The van der Waals surface area contributed by atoms with Crippen molar-refractivity contribution in [1.82, 2.24) is 5.32 Å². The Kier molecular flexibility index (Phi) is 7.58. The first-order valence-electron chi connectivity index (χ1n) is 7.55. The summed E-state index contributed by atoms with van der Waals surface area (Å²) in [5, 5.41) is 5.85. The third-order valence-corrected chi connectivity index (χ3v) is 3.09. The molecule has 1 aromatic rings. The molecule has 21 heavy (non-hydrogen) atoms. The molecule has 0 saturated carbocycles. The molecule has 4 nitrogen and oxygen atoms in total. The SMILES string of the molecule is CCCCCNC(=O)C(C)Nc1ccc(OCC)c(F)c1. The Hall–Kier alpha value is -1.78. The van der Waals surface area contributed by atoms with Crippen LogP contribution < -0.4 is 15.4 Å². The van der Waals surface area contributed by atoms with E-state index in [4.69, 9.17) is 4.74 Å². The molecule has 2 N–H and O–H groups in total. The molecular formula is C16H25FN2O2. The number of unbranched alkanes of at least 4 members (excludes halogenated alkanes) is 2. The highest BCUT2D eigenvalue weighted by Crippen LogP contribution is 2.21. The minimum absolute atomic E-state index is 0.0830. The van der Waals surface area contributed by atoms with Gasteiger partial charge in [-0.05, 0) is 32.4 Å². The lowest BCUT2D eigenvalue weighted by molar-refractivity contribution is -0.121. The predicted octanol–water partition coefficient (Wildman–Crippen LogP) is 3.33. The van der Waals surface area contributed by atoms with E-state index in [1.54, 1.807) is 26.0 Å². The van der Waals surface area contributed by atoms with E-state index in [9.17, 15) is 9.18 Å². The molecule has 0 aromatic heterocycles. The van der Waals surface area contributed by atoms with Gasteiger partial charge in [0.1, 0.15) is 6.04 Å². The zero-order valence-electron chi connectivity index (χ0n) is 13.0. The molecule has 0 bridgehead atoms. The van der Waals surface area contributed by atoms with E-state index in [0.29, 0.717) is 18.8 Å². The first kappa shape index (κ1) is 17.3. The van der Waals surface area contributed by atoms with Crippen LogP contribution in [0.2, 0.25) is 0 Å². The van der Waals surface area contributed by atoms with Crippen LogP contribution in [-0.2, 0) is 4.79 Å². The molecule has 0 fully saturated rings. The molecule has 1 rings (SSSR count). The molecule has 5 heteroatoms. The fourth-order valence-corrected chi connectivity index (χ4v) is 1.92. The lowest BCUT2D eigenvalue weighted by Crippen LogP contribution is -2.38. The van der Waals surface area contributed by atoms with E-state index in [1.807, 2.05) is 0 Å². The molecule has 0 aliphatic rings. The Morgan fingerprint density at radius 1 is 1.33 bits per heavy atom. The van der Waals surface area contributed by atoms with Crippen molar-refractivity contribution in [3.8, 4) is 5.75 Å². The van der Waals surface area contributed by atoms with Gasteiger partial charge in [-0.15, -0.1) is 0 Å². The molecule has 0 saturated heterocycles. The Labute approximate surface area is 126 Å². The van der Waals surface area contributed by atoms with E-state index in [2.05, 4.69) is 17.6 Å². The first-order valence-corrected chi connectivity index (χ1v) is 7.55. The lowest BCUT2D eigenvalue weighted by atomic mass is 10.2. The number of carbonyl (C=O) groups excluding carboxylic acids is 1. The smallest absolute Gasteiger partial charge is 0.242 e. The largest absolute Gasteiger partial charge is 0.491 e. The summed E-state index contributed by atoms with van der Waals surface area (Å²) in [5.74, 6) is -0.294.